The fraction of sp³-hybridized carbons (Fsp3) is 0.200. The summed E-state index contributed by atoms with van der Waals surface area (Å²) < 4.78 is 7.02. The van der Waals surface area contributed by atoms with E-state index < -0.39 is 0 Å². The molecule has 1 aromatic carbocycles. The lowest BCUT2D eigenvalue weighted by atomic mass is 10.2. The van der Waals surface area contributed by atoms with Gasteiger partial charge < -0.3 is 9.73 Å². The third-order valence-corrected chi connectivity index (χ3v) is 5.54. The molecule has 0 bridgehead atoms. The molecule has 3 heterocycles. The van der Waals surface area contributed by atoms with Crippen LogP contribution in [0.3, 0.4) is 0 Å². The summed E-state index contributed by atoms with van der Waals surface area (Å²) in [5, 5.41) is 12.1. The zero-order valence-corrected chi connectivity index (χ0v) is 16.6. The van der Waals surface area contributed by atoms with Gasteiger partial charge in [0.25, 0.3) is 5.91 Å². The second-order valence-corrected chi connectivity index (χ2v) is 7.47. The molecular weight excluding hydrogens is 374 g/mol. The second-order valence-electron chi connectivity index (χ2n) is 6.47. The van der Waals surface area contributed by atoms with E-state index in [0.29, 0.717) is 33.6 Å². The van der Waals surface area contributed by atoms with E-state index in [0.717, 1.165) is 11.4 Å². The Labute approximate surface area is 166 Å². The number of carbonyl (C=O) groups excluding carboxylic acids is 1. The molecule has 0 aliphatic rings. The van der Waals surface area contributed by atoms with E-state index in [1.54, 1.807) is 17.0 Å². The zero-order chi connectivity index (χ0) is 19.7. The van der Waals surface area contributed by atoms with Crippen LogP contribution in [0.15, 0.2) is 47.1 Å². The van der Waals surface area contributed by atoms with Gasteiger partial charge in [0.1, 0.15) is 21.3 Å². The minimum Gasteiger partial charge on any atom is -0.467 e. The Kier molecular flexibility index (Phi) is 4.79. The number of rotatable bonds is 5. The maximum Gasteiger partial charge on any atom is 0.263 e. The molecule has 0 aliphatic heterocycles. The summed E-state index contributed by atoms with van der Waals surface area (Å²) in [6.45, 7) is 6.14. The molecule has 7 nitrogen and oxygen atoms in total. The number of carbonyl (C=O) groups is 1. The van der Waals surface area contributed by atoms with Crippen molar-refractivity contribution in [2.24, 2.45) is 0 Å². The van der Waals surface area contributed by atoms with Crippen LogP contribution in [0, 0.1) is 20.8 Å². The molecule has 0 atom stereocenters. The van der Waals surface area contributed by atoms with Gasteiger partial charge in [-0.1, -0.05) is 22.9 Å². The molecule has 0 saturated heterocycles. The van der Waals surface area contributed by atoms with E-state index in [1.165, 1.54) is 16.9 Å². The van der Waals surface area contributed by atoms with Crippen LogP contribution in [-0.4, -0.2) is 25.9 Å². The molecule has 3 aromatic heterocycles. The van der Waals surface area contributed by atoms with Crippen LogP contribution in [-0.2, 0) is 6.54 Å². The first-order valence-corrected chi connectivity index (χ1v) is 9.62. The highest BCUT2D eigenvalue weighted by Gasteiger charge is 2.20. The number of hydrogen-bond acceptors (Lipinski definition) is 6. The van der Waals surface area contributed by atoms with Crippen molar-refractivity contribution < 1.29 is 9.21 Å². The van der Waals surface area contributed by atoms with Crippen molar-refractivity contribution in [2.45, 2.75) is 27.3 Å². The Balaban J connectivity index is 1.58. The van der Waals surface area contributed by atoms with Crippen molar-refractivity contribution in [3.63, 3.8) is 0 Å². The molecule has 1 amide bonds. The first kappa shape index (κ1) is 18.1. The van der Waals surface area contributed by atoms with Crippen LogP contribution in [0.25, 0.3) is 16.4 Å². The van der Waals surface area contributed by atoms with Crippen molar-refractivity contribution >= 4 is 17.2 Å². The minimum atomic E-state index is -0.179. The summed E-state index contributed by atoms with van der Waals surface area (Å²) in [5.41, 5.74) is 4.34. The molecule has 0 unspecified atom stereocenters. The molecular formula is C20H19N5O2S. The third-order valence-electron chi connectivity index (χ3n) is 4.38. The number of hydrogen-bond donors (Lipinski definition) is 1. The average Bonchev–Trinajstić information content (AvgIpc) is 3.41. The quantitative estimate of drug-likeness (QED) is 0.557. The van der Waals surface area contributed by atoms with E-state index in [1.807, 2.05) is 51.1 Å². The lowest BCUT2D eigenvalue weighted by Gasteiger charge is -2.03. The summed E-state index contributed by atoms with van der Waals surface area (Å²) in [6.07, 6.45) is 1.58. The molecule has 0 saturated carbocycles. The van der Waals surface area contributed by atoms with Crippen LogP contribution in [0.5, 0.6) is 0 Å². The Hall–Kier alpha value is -3.26. The molecule has 28 heavy (non-hydrogen) atoms. The maximum absolute atomic E-state index is 12.5. The second kappa shape index (κ2) is 7.40. The lowest BCUT2D eigenvalue weighted by Crippen LogP contribution is -2.22. The van der Waals surface area contributed by atoms with Gasteiger partial charge in [0.2, 0.25) is 0 Å². The lowest BCUT2D eigenvalue weighted by molar-refractivity contribution is 0.0951. The predicted molar refractivity (Wildman–Crippen MR) is 107 cm³/mol. The SMILES string of the molecule is Cc1ccc(-n2nnc(-c3nc(C)c(C(=O)NCc4ccco4)s3)c2C)cc1. The molecule has 1 N–H and O–H groups in total. The molecule has 142 valence electrons. The highest BCUT2D eigenvalue weighted by atomic mass is 32.1. The number of nitrogens with one attached hydrogen (secondary N) is 1. The van der Waals surface area contributed by atoms with Gasteiger partial charge in [-0.3, -0.25) is 4.79 Å². The van der Waals surface area contributed by atoms with Gasteiger partial charge in [0, 0.05) is 0 Å². The van der Waals surface area contributed by atoms with Crippen molar-refractivity contribution in [1.29, 1.82) is 0 Å². The standard InChI is InChI=1S/C20H19N5O2S/c1-12-6-8-15(9-7-12)25-14(3)17(23-24-25)20-22-13(2)18(28-20)19(26)21-11-16-5-4-10-27-16/h4-10H,11H2,1-3H3,(H,21,26). The van der Waals surface area contributed by atoms with E-state index in [9.17, 15) is 4.79 Å². The monoisotopic (exact) mass is 393 g/mol. The highest BCUT2D eigenvalue weighted by Crippen LogP contribution is 2.29. The van der Waals surface area contributed by atoms with Crippen LogP contribution in [0.2, 0.25) is 0 Å². The first-order chi connectivity index (χ1) is 13.5. The van der Waals surface area contributed by atoms with Gasteiger partial charge in [-0.15, -0.1) is 16.4 Å². The number of amides is 1. The molecule has 8 heteroatoms. The summed E-state index contributed by atoms with van der Waals surface area (Å²) in [4.78, 5) is 17.6. The number of nitrogens with zero attached hydrogens (tertiary/aromatic N) is 4. The fourth-order valence-corrected chi connectivity index (χ4v) is 3.85. The average molecular weight is 393 g/mol. The predicted octanol–water partition coefficient (Wildman–Crippen LogP) is 3.84. The van der Waals surface area contributed by atoms with Crippen LogP contribution < -0.4 is 5.32 Å². The van der Waals surface area contributed by atoms with Crippen molar-refractivity contribution in [3.8, 4) is 16.4 Å². The van der Waals surface area contributed by atoms with Gasteiger partial charge in [0.15, 0.2) is 0 Å². The van der Waals surface area contributed by atoms with Crippen molar-refractivity contribution in [1.82, 2.24) is 25.3 Å². The smallest absolute Gasteiger partial charge is 0.263 e. The topological polar surface area (TPSA) is 85.8 Å². The molecule has 4 aromatic rings. The Morgan fingerprint density at radius 2 is 1.96 bits per heavy atom. The number of benzene rings is 1. The van der Waals surface area contributed by atoms with Gasteiger partial charge in [0.05, 0.1) is 29.9 Å². The summed E-state index contributed by atoms with van der Waals surface area (Å²) in [7, 11) is 0. The highest BCUT2D eigenvalue weighted by molar-refractivity contribution is 7.17. The normalized spacial score (nSPS) is 11.0. The largest absolute Gasteiger partial charge is 0.467 e. The molecule has 4 rings (SSSR count). The first-order valence-electron chi connectivity index (χ1n) is 8.80. The van der Waals surface area contributed by atoms with Gasteiger partial charge in [-0.25, -0.2) is 9.67 Å². The number of thiazole rings is 1. The molecule has 0 fully saturated rings. The fourth-order valence-electron chi connectivity index (χ4n) is 2.83. The third kappa shape index (κ3) is 3.46. The molecule has 0 radical (unpaired) electrons. The van der Waals surface area contributed by atoms with Crippen LogP contribution >= 0.6 is 11.3 Å². The number of furan rings is 1. The van der Waals surface area contributed by atoms with Crippen LogP contribution in [0.1, 0.15) is 32.4 Å². The van der Waals surface area contributed by atoms with E-state index in [4.69, 9.17) is 4.42 Å². The van der Waals surface area contributed by atoms with E-state index >= 15 is 0 Å². The van der Waals surface area contributed by atoms with Crippen molar-refractivity contribution in [3.05, 3.63) is 70.3 Å². The van der Waals surface area contributed by atoms with Crippen LogP contribution in [0.4, 0.5) is 0 Å². The number of aryl methyl sites for hydroxylation is 2. The summed E-state index contributed by atoms with van der Waals surface area (Å²) in [6, 6.07) is 11.7. The van der Waals surface area contributed by atoms with E-state index in [-0.39, 0.29) is 5.91 Å². The maximum atomic E-state index is 12.5. The summed E-state index contributed by atoms with van der Waals surface area (Å²) in [5.74, 6) is 0.522. The van der Waals surface area contributed by atoms with Gasteiger partial charge in [-0.2, -0.15) is 0 Å². The Bertz CT molecular complexity index is 1110. The summed E-state index contributed by atoms with van der Waals surface area (Å²) >= 11 is 1.31. The molecule has 0 spiro atoms. The van der Waals surface area contributed by atoms with Crippen molar-refractivity contribution in [2.75, 3.05) is 0 Å². The van der Waals surface area contributed by atoms with Gasteiger partial charge in [-0.05, 0) is 45.0 Å². The Morgan fingerprint density at radius 3 is 2.68 bits per heavy atom. The minimum absolute atomic E-state index is 0.179. The zero-order valence-electron chi connectivity index (χ0n) is 15.8. The number of aromatic nitrogens is 4. The Morgan fingerprint density at radius 1 is 1.18 bits per heavy atom. The van der Waals surface area contributed by atoms with Gasteiger partial charge >= 0.3 is 0 Å². The molecule has 0 aliphatic carbocycles. The van der Waals surface area contributed by atoms with E-state index in [2.05, 4.69) is 20.6 Å².